The van der Waals surface area contributed by atoms with Crippen LogP contribution in [0.5, 0.6) is 0 Å². The van der Waals surface area contributed by atoms with Crippen LogP contribution in [-0.4, -0.2) is 0 Å². The SMILES string of the molecule is Cc1ccc(Br)c(C(Br)Cc2ccc(F)c(F)c2)c1. The topological polar surface area (TPSA) is 0 Å². The summed E-state index contributed by atoms with van der Waals surface area (Å²) in [5, 5.41) is 0. The second-order valence-electron chi connectivity index (χ2n) is 4.45. The number of hydrogen-bond acceptors (Lipinski definition) is 0. The molecule has 0 fully saturated rings. The van der Waals surface area contributed by atoms with Crippen LogP contribution in [0.2, 0.25) is 0 Å². The van der Waals surface area contributed by atoms with Crippen molar-refractivity contribution in [2.45, 2.75) is 18.2 Å². The molecule has 0 nitrogen and oxygen atoms in total. The lowest BCUT2D eigenvalue weighted by Crippen LogP contribution is -1.98. The van der Waals surface area contributed by atoms with Crippen molar-refractivity contribution in [1.29, 1.82) is 0 Å². The van der Waals surface area contributed by atoms with E-state index in [1.54, 1.807) is 6.07 Å². The molecular formula is C15H12Br2F2. The van der Waals surface area contributed by atoms with E-state index >= 15 is 0 Å². The molecule has 0 spiro atoms. The third-order valence-corrected chi connectivity index (χ3v) is 4.43. The molecule has 2 aromatic rings. The zero-order chi connectivity index (χ0) is 14.0. The predicted molar refractivity (Wildman–Crippen MR) is 80.6 cm³/mol. The number of hydrogen-bond donors (Lipinski definition) is 0. The highest BCUT2D eigenvalue weighted by atomic mass is 79.9. The van der Waals surface area contributed by atoms with Crippen LogP contribution in [0.3, 0.4) is 0 Å². The Bertz CT molecular complexity index is 597. The largest absolute Gasteiger partial charge is 0.204 e. The Kier molecular flexibility index (Phi) is 4.74. The van der Waals surface area contributed by atoms with Crippen LogP contribution in [-0.2, 0) is 6.42 Å². The summed E-state index contributed by atoms with van der Waals surface area (Å²) in [5.41, 5.74) is 3.02. The third kappa shape index (κ3) is 3.63. The fraction of sp³-hybridized carbons (Fsp3) is 0.200. The Balaban J connectivity index is 2.22. The molecule has 0 aliphatic rings. The number of benzene rings is 2. The molecule has 100 valence electrons. The zero-order valence-electron chi connectivity index (χ0n) is 10.3. The Morgan fingerprint density at radius 1 is 1.05 bits per heavy atom. The lowest BCUT2D eigenvalue weighted by molar-refractivity contribution is 0.507. The second-order valence-corrected chi connectivity index (χ2v) is 6.40. The van der Waals surface area contributed by atoms with Gasteiger partial charge in [0.15, 0.2) is 11.6 Å². The third-order valence-electron chi connectivity index (χ3n) is 2.89. The van der Waals surface area contributed by atoms with Gasteiger partial charge in [0, 0.05) is 9.30 Å². The maximum atomic E-state index is 13.2. The maximum Gasteiger partial charge on any atom is 0.159 e. The zero-order valence-corrected chi connectivity index (χ0v) is 13.4. The molecule has 0 amide bonds. The molecule has 0 radical (unpaired) electrons. The summed E-state index contributed by atoms with van der Waals surface area (Å²) in [6, 6.07) is 10.1. The van der Waals surface area contributed by atoms with Gasteiger partial charge in [0.25, 0.3) is 0 Å². The summed E-state index contributed by atoms with van der Waals surface area (Å²) in [6.45, 7) is 2.02. The normalized spacial score (nSPS) is 12.5. The molecule has 0 saturated heterocycles. The second kappa shape index (κ2) is 6.14. The Morgan fingerprint density at radius 3 is 2.47 bits per heavy atom. The van der Waals surface area contributed by atoms with Crippen molar-refractivity contribution in [3.8, 4) is 0 Å². The average Bonchev–Trinajstić information content (AvgIpc) is 2.36. The molecule has 0 aromatic heterocycles. The molecule has 2 rings (SSSR count). The van der Waals surface area contributed by atoms with E-state index in [0.29, 0.717) is 6.42 Å². The Hall–Kier alpha value is -0.740. The van der Waals surface area contributed by atoms with E-state index in [4.69, 9.17) is 0 Å². The Labute approximate surface area is 128 Å². The van der Waals surface area contributed by atoms with E-state index in [-0.39, 0.29) is 4.83 Å². The van der Waals surface area contributed by atoms with Crippen LogP contribution >= 0.6 is 31.9 Å². The first-order valence-electron chi connectivity index (χ1n) is 5.81. The van der Waals surface area contributed by atoms with Gasteiger partial charge in [0.05, 0.1) is 0 Å². The Morgan fingerprint density at radius 2 is 1.79 bits per heavy atom. The molecule has 1 atom stereocenters. The summed E-state index contributed by atoms with van der Waals surface area (Å²) >= 11 is 7.11. The van der Waals surface area contributed by atoms with E-state index in [2.05, 4.69) is 37.9 Å². The summed E-state index contributed by atoms with van der Waals surface area (Å²) < 4.78 is 27.1. The van der Waals surface area contributed by atoms with Crippen molar-refractivity contribution in [2.24, 2.45) is 0 Å². The van der Waals surface area contributed by atoms with Crippen LogP contribution in [0.4, 0.5) is 8.78 Å². The molecule has 0 N–H and O–H groups in total. The molecule has 2 aromatic carbocycles. The highest BCUT2D eigenvalue weighted by Crippen LogP contribution is 2.33. The van der Waals surface area contributed by atoms with Crippen LogP contribution in [0.1, 0.15) is 21.5 Å². The molecule has 0 saturated carbocycles. The minimum Gasteiger partial charge on any atom is -0.204 e. The monoisotopic (exact) mass is 388 g/mol. The fourth-order valence-electron chi connectivity index (χ4n) is 1.89. The van der Waals surface area contributed by atoms with Crippen molar-refractivity contribution in [1.82, 2.24) is 0 Å². The van der Waals surface area contributed by atoms with Crippen LogP contribution in [0.15, 0.2) is 40.9 Å². The van der Waals surface area contributed by atoms with Gasteiger partial charge in [-0.3, -0.25) is 0 Å². The van der Waals surface area contributed by atoms with Crippen molar-refractivity contribution in [3.05, 3.63) is 69.2 Å². The van der Waals surface area contributed by atoms with Gasteiger partial charge in [-0.25, -0.2) is 8.78 Å². The first-order chi connectivity index (χ1) is 8.97. The molecule has 4 heteroatoms. The molecule has 1 unspecified atom stereocenters. The van der Waals surface area contributed by atoms with E-state index in [9.17, 15) is 8.78 Å². The minimum absolute atomic E-state index is 0.0478. The van der Waals surface area contributed by atoms with E-state index in [0.717, 1.165) is 27.2 Å². The number of alkyl halides is 1. The molecule has 19 heavy (non-hydrogen) atoms. The summed E-state index contributed by atoms with van der Waals surface area (Å²) in [5.74, 6) is -1.62. The van der Waals surface area contributed by atoms with Crippen molar-refractivity contribution in [3.63, 3.8) is 0 Å². The lowest BCUT2D eigenvalue weighted by Gasteiger charge is -2.13. The number of rotatable bonds is 3. The first-order valence-corrected chi connectivity index (χ1v) is 7.52. The highest BCUT2D eigenvalue weighted by Gasteiger charge is 2.13. The number of aryl methyl sites for hydroxylation is 1. The van der Waals surface area contributed by atoms with Gasteiger partial charge in [-0.05, 0) is 42.7 Å². The predicted octanol–water partition coefficient (Wildman–Crippen LogP) is 5.71. The smallest absolute Gasteiger partial charge is 0.159 e. The lowest BCUT2D eigenvalue weighted by atomic mass is 10.0. The van der Waals surface area contributed by atoms with E-state index < -0.39 is 11.6 Å². The van der Waals surface area contributed by atoms with Crippen molar-refractivity contribution < 1.29 is 8.78 Å². The van der Waals surface area contributed by atoms with Crippen LogP contribution < -0.4 is 0 Å². The standard InChI is InChI=1S/C15H12Br2F2/c1-9-2-4-12(16)11(6-9)13(17)7-10-3-5-14(18)15(19)8-10/h2-6,8,13H,7H2,1H3. The number of halogens is 4. The van der Waals surface area contributed by atoms with Gasteiger partial charge in [-0.1, -0.05) is 55.6 Å². The van der Waals surface area contributed by atoms with E-state index in [1.807, 2.05) is 19.1 Å². The van der Waals surface area contributed by atoms with E-state index in [1.165, 1.54) is 6.07 Å². The quantitative estimate of drug-likeness (QED) is 0.589. The average molecular weight is 390 g/mol. The molecule has 0 aliphatic heterocycles. The van der Waals surface area contributed by atoms with Gasteiger partial charge in [0.1, 0.15) is 0 Å². The first kappa shape index (κ1) is 14.7. The molecular weight excluding hydrogens is 378 g/mol. The molecule has 0 bridgehead atoms. The minimum atomic E-state index is -0.813. The van der Waals surface area contributed by atoms with Gasteiger partial charge in [-0.2, -0.15) is 0 Å². The van der Waals surface area contributed by atoms with Gasteiger partial charge >= 0.3 is 0 Å². The highest BCUT2D eigenvalue weighted by molar-refractivity contribution is 9.11. The molecule has 0 heterocycles. The summed E-state index contributed by atoms with van der Waals surface area (Å²) in [4.78, 5) is 0.0478. The maximum absolute atomic E-state index is 13.2. The fourth-order valence-corrected chi connectivity index (χ4v) is 3.47. The van der Waals surface area contributed by atoms with Gasteiger partial charge in [0.2, 0.25) is 0 Å². The van der Waals surface area contributed by atoms with Gasteiger partial charge < -0.3 is 0 Å². The molecule has 0 aliphatic carbocycles. The van der Waals surface area contributed by atoms with Crippen LogP contribution in [0.25, 0.3) is 0 Å². The summed E-state index contributed by atoms with van der Waals surface area (Å²) in [7, 11) is 0. The summed E-state index contributed by atoms with van der Waals surface area (Å²) in [6.07, 6.45) is 0.596. The van der Waals surface area contributed by atoms with Crippen molar-refractivity contribution >= 4 is 31.9 Å². The van der Waals surface area contributed by atoms with Crippen LogP contribution in [0, 0.1) is 18.6 Å². The van der Waals surface area contributed by atoms with Gasteiger partial charge in [-0.15, -0.1) is 0 Å². The van der Waals surface area contributed by atoms with Crippen molar-refractivity contribution in [2.75, 3.05) is 0 Å².